The molecule has 0 aromatic carbocycles. The van der Waals surface area contributed by atoms with Crippen LogP contribution in [0.5, 0.6) is 5.75 Å². The smallest absolute Gasteiger partial charge is 0.268 e. The number of aromatic nitrogens is 2. The fraction of sp³-hybridized carbons (Fsp3) is 0.389. The van der Waals surface area contributed by atoms with E-state index in [1.807, 2.05) is 18.2 Å². The number of amides is 1. The highest BCUT2D eigenvalue weighted by Gasteiger charge is 2.35. The number of ether oxygens (including phenoxy) is 1. The predicted molar refractivity (Wildman–Crippen MR) is 91.5 cm³/mol. The van der Waals surface area contributed by atoms with Crippen molar-refractivity contribution in [3.8, 4) is 5.75 Å². The Balaban J connectivity index is 1.74. The van der Waals surface area contributed by atoms with Crippen molar-refractivity contribution in [2.75, 3.05) is 7.11 Å². The fourth-order valence-corrected chi connectivity index (χ4v) is 3.03. The van der Waals surface area contributed by atoms with Crippen molar-refractivity contribution in [2.45, 2.75) is 31.4 Å². The molecule has 25 heavy (non-hydrogen) atoms. The Hall–Kier alpha value is -2.67. The van der Waals surface area contributed by atoms with Crippen LogP contribution in [0.2, 0.25) is 0 Å². The molecule has 1 fully saturated rings. The summed E-state index contributed by atoms with van der Waals surface area (Å²) in [6.07, 6.45) is 4.65. The molecular formula is C18H21N3O4. The van der Waals surface area contributed by atoms with Crippen molar-refractivity contribution >= 4 is 5.91 Å². The number of aromatic amines is 1. The molecule has 0 radical (unpaired) electrons. The maximum atomic E-state index is 12.5. The fourth-order valence-electron chi connectivity index (χ4n) is 3.03. The Kier molecular flexibility index (Phi) is 5.14. The lowest BCUT2D eigenvalue weighted by Gasteiger charge is -2.38. The molecule has 2 aromatic heterocycles. The van der Waals surface area contributed by atoms with E-state index in [0.717, 1.165) is 5.69 Å². The molecule has 1 aliphatic rings. The number of aliphatic hydroxyl groups excluding tert-OH is 1. The summed E-state index contributed by atoms with van der Waals surface area (Å²) in [5, 5.41) is 12.6. The van der Waals surface area contributed by atoms with E-state index in [4.69, 9.17) is 4.74 Å². The molecule has 3 N–H and O–H groups in total. The summed E-state index contributed by atoms with van der Waals surface area (Å²) in [6.45, 7) is 0. The van der Waals surface area contributed by atoms with E-state index >= 15 is 0 Å². The molecule has 1 amide bonds. The van der Waals surface area contributed by atoms with Crippen LogP contribution < -0.4 is 15.5 Å². The first-order chi connectivity index (χ1) is 12.1. The van der Waals surface area contributed by atoms with E-state index in [1.54, 1.807) is 6.20 Å². The van der Waals surface area contributed by atoms with E-state index in [1.165, 1.54) is 19.4 Å². The predicted octanol–water partition coefficient (Wildman–Crippen LogP) is 0.891. The van der Waals surface area contributed by atoms with Gasteiger partial charge in [-0.2, -0.15) is 0 Å². The molecule has 0 bridgehead atoms. The van der Waals surface area contributed by atoms with Gasteiger partial charge in [0.2, 0.25) is 5.43 Å². The average Bonchev–Trinajstić information content (AvgIpc) is 2.59. The number of nitrogens with one attached hydrogen (secondary N) is 2. The summed E-state index contributed by atoms with van der Waals surface area (Å²) in [7, 11) is 1.40. The van der Waals surface area contributed by atoms with E-state index in [0.29, 0.717) is 19.3 Å². The Morgan fingerprint density at radius 1 is 1.48 bits per heavy atom. The van der Waals surface area contributed by atoms with E-state index in [2.05, 4.69) is 15.3 Å². The van der Waals surface area contributed by atoms with Gasteiger partial charge in [-0.3, -0.25) is 14.6 Å². The van der Waals surface area contributed by atoms with Crippen molar-refractivity contribution in [2.24, 2.45) is 5.92 Å². The zero-order chi connectivity index (χ0) is 17.8. The van der Waals surface area contributed by atoms with Crippen molar-refractivity contribution in [1.29, 1.82) is 0 Å². The molecule has 0 spiro atoms. The number of H-pyrrole nitrogens is 1. The third kappa shape index (κ3) is 4.06. The lowest BCUT2D eigenvalue weighted by molar-refractivity contribution is 0.0237. The summed E-state index contributed by atoms with van der Waals surface area (Å²) >= 11 is 0. The second-order valence-electron chi connectivity index (χ2n) is 6.27. The van der Waals surface area contributed by atoms with Crippen molar-refractivity contribution in [3.63, 3.8) is 0 Å². The molecule has 2 aromatic rings. The van der Waals surface area contributed by atoms with Crippen LogP contribution in [-0.2, 0) is 6.42 Å². The first-order valence-electron chi connectivity index (χ1n) is 8.22. The number of rotatable bonds is 6. The molecule has 0 aliphatic heterocycles. The Labute approximate surface area is 145 Å². The van der Waals surface area contributed by atoms with Crippen LogP contribution in [0.3, 0.4) is 0 Å². The second kappa shape index (κ2) is 7.48. The molecular weight excluding hydrogens is 322 g/mol. The van der Waals surface area contributed by atoms with Gasteiger partial charge in [0.1, 0.15) is 5.69 Å². The zero-order valence-corrected chi connectivity index (χ0v) is 13.9. The number of pyridine rings is 2. The van der Waals surface area contributed by atoms with Crippen LogP contribution >= 0.6 is 0 Å². The highest BCUT2D eigenvalue weighted by Crippen LogP contribution is 2.31. The molecule has 7 nitrogen and oxygen atoms in total. The van der Waals surface area contributed by atoms with Gasteiger partial charge in [-0.15, -0.1) is 0 Å². The van der Waals surface area contributed by atoms with E-state index in [9.17, 15) is 14.7 Å². The largest absolute Gasteiger partial charge is 0.491 e. The van der Waals surface area contributed by atoms with Crippen LogP contribution in [0.1, 0.15) is 29.0 Å². The average molecular weight is 343 g/mol. The molecule has 3 rings (SSSR count). The maximum absolute atomic E-state index is 12.5. The van der Waals surface area contributed by atoms with Crippen molar-refractivity contribution in [3.05, 3.63) is 58.3 Å². The number of hydrogen-bond acceptors (Lipinski definition) is 5. The molecule has 2 heterocycles. The molecule has 0 saturated heterocycles. The van der Waals surface area contributed by atoms with Crippen molar-refractivity contribution in [1.82, 2.24) is 15.3 Å². The lowest BCUT2D eigenvalue weighted by atomic mass is 9.76. The molecule has 0 unspecified atom stereocenters. The topological polar surface area (TPSA) is 104 Å². The van der Waals surface area contributed by atoms with Crippen LogP contribution in [0.25, 0.3) is 0 Å². The minimum absolute atomic E-state index is 0.156. The van der Waals surface area contributed by atoms with Gasteiger partial charge in [0.15, 0.2) is 5.75 Å². The highest BCUT2D eigenvalue weighted by molar-refractivity contribution is 5.92. The van der Waals surface area contributed by atoms with Gasteiger partial charge in [0.05, 0.1) is 13.2 Å². The number of methoxy groups -OCH3 is 1. The van der Waals surface area contributed by atoms with Crippen molar-refractivity contribution < 1.29 is 14.6 Å². The minimum Gasteiger partial charge on any atom is -0.491 e. The Morgan fingerprint density at radius 3 is 2.88 bits per heavy atom. The monoisotopic (exact) mass is 343 g/mol. The number of nitrogens with zero attached hydrogens (tertiary/aromatic N) is 1. The van der Waals surface area contributed by atoms with Gasteiger partial charge in [-0.25, -0.2) is 0 Å². The highest BCUT2D eigenvalue weighted by atomic mass is 16.5. The first-order valence-corrected chi connectivity index (χ1v) is 8.22. The second-order valence-corrected chi connectivity index (χ2v) is 6.27. The van der Waals surface area contributed by atoms with Crippen LogP contribution in [0.15, 0.2) is 41.5 Å². The van der Waals surface area contributed by atoms with E-state index < -0.39 is 0 Å². The molecule has 1 atom stereocenters. The molecule has 1 saturated carbocycles. The van der Waals surface area contributed by atoms with Crippen LogP contribution in [-0.4, -0.2) is 40.2 Å². The quantitative estimate of drug-likeness (QED) is 0.723. The summed E-state index contributed by atoms with van der Waals surface area (Å²) in [5.74, 6) is -0.0169. The van der Waals surface area contributed by atoms with Gasteiger partial charge in [0.25, 0.3) is 5.91 Å². The molecule has 1 aliphatic carbocycles. The van der Waals surface area contributed by atoms with Crippen LogP contribution in [0.4, 0.5) is 0 Å². The standard InChI is InChI=1S/C18H21N3O4/c1-25-17-10-20-15(9-16(17)23)18(24)21-14(11-6-13(22)7-11)8-12-4-2-3-5-19-12/h2-5,9-11,13-14,22H,6-8H2,1H3,(H,20,23)(H,21,24)/t11?,13?,14-/m1/s1. The Morgan fingerprint density at radius 2 is 2.28 bits per heavy atom. The van der Waals surface area contributed by atoms with Gasteiger partial charge in [-0.1, -0.05) is 6.07 Å². The summed E-state index contributed by atoms with van der Waals surface area (Å²) in [4.78, 5) is 31.4. The summed E-state index contributed by atoms with van der Waals surface area (Å²) in [6, 6.07) is 6.71. The molecule has 132 valence electrons. The van der Waals surface area contributed by atoms with E-state index in [-0.39, 0.29) is 40.8 Å². The van der Waals surface area contributed by atoms with Gasteiger partial charge < -0.3 is 20.1 Å². The van der Waals surface area contributed by atoms with Gasteiger partial charge in [-0.05, 0) is 30.9 Å². The lowest BCUT2D eigenvalue weighted by Crippen LogP contribution is -2.48. The normalized spacial score (nSPS) is 20.4. The van der Waals surface area contributed by atoms with Gasteiger partial charge >= 0.3 is 0 Å². The third-order valence-electron chi connectivity index (χ3n) is 4.53. The number of carbonyl (C=O) groups is 1. The summed E-state index contributed by atoms with van der Waals surface area (Å²) < 4.78 is 4.90. The number of hydrogen-bond donors (Lipinski definition) is 3. The maximum Gasteiger partial charge on any atom is 0.268 e. The zero-order valence-electron chi connectivity index (χ0n) is 13.9. The Bertz CT molecular complexity index is 784. The molecule has 7 heteroatoms. The summed E-state index contributed by atoms with van der Waals surface area (Å²) in [5.41, 5.74) is 0.695. The van der Waals surface area contributed by atoms with Gasteiger partial charge in [0, 0.05) is 36.6 Å². The number of carbonyl (C=O) groups excluding carboxylic acids is 1. The van der Waals surface area contributed by atoms with Crippen LogP contribution in [0, 0.1) is 5.92 Å². The minimum atomic E-state index is -0.359. The third-order valence-corrected chi connectivity index (χ3v) is 4.53. The number of aliphatic hydroxyl groups is 1. The SMILES string of the molecule is COc1c[nH]c(C(=O)N[C@H](Cc2ccccn2)C2CC(O)C2)cc1=O. The first kappa shape index (κ1) is 17.2.